The average molecular weight is 347 g/mol. The minimum absolute atomic E-state index is 0.103. The highest BCUT2D eigenvalue weighted by atomic mass is 35.5. The monoisotopic (exact) mass is 346 g/mol. The molecular formula is C18H19ClN2O3. The van der Waals surface area contributed by atoms with Crippen molar-refractivity contribution in [1.82, 2.24) is 0 Å². The van der Waals surface area contributed by atoms with Gasteiger partial charge in [-0.05, 0) is 48.9 Å². The van der Waals surface area contributed by atoms with Crippen molar-refractivity contribution in [2.75, 3.05) is 23.8 Å². The molecule has 0 aromatic heterocycles. The van der Waals surface area contributed by atoms with Gasteiger partial charge in [0.05, 0.1) is 18.7 Å². The van der Waals surface area contributed by atoms with E-state index in [0.717, 1.165) is 12.1 Å². The van der Waals surface area contributed by atoms with Crippen LogP contribution in [0, 0.1) is 0 Å². The Morgan fingerprint density at radius 1 is 1.08 bits per heavy atom. The Hall–Kier alpha value is -2.53. The van der Waals surface area contributed by atoms with Gasteiger partial charge in [-0.3, -0.25) is 4.79 Å². The van der Waals surface area contributed by atoms with Crippen molar-refractivity contribution < 1.29 is 14.3 Å². The Bertz CT molecular complexity index is 702. The Morgan fingerprint density at radius 2 is 1.83 bits per heavy atom. The van der Waals surface area contributed by atoms with Crippen LogP contribution in [0.25, 0.3) is 0 Å². The summed E-state index contributed by atoms with van der Waals surface area (Å²) in [4.78, 5) is 23.6. The van der Waals surface area contributed by atoms with E-state index in [2.05, 4.69) is 10.6 Å². The fourth-order valence-electron chi connectivity index (χ4n) is 1.96. The summed E-state index contributed by atoms with van der Waals surface area (Å²) in [6, 6.07) is 13.7. The molecule has 0 fully saturated rings. The van der Waals surface area contributed by atoms with Crippen LogP contribution in [0.4, 0.5) is 11.4 Å². The number of hydrogen-bond donors (Lipinski definition) is 2. The predicted octanol–water partition coefficient (Wildman–Crippen LogP) is 3.96. The molecule has 2 aromatic carbocycles. The quantitative estimate of drug-likeness (QED) is 0.745. The van der Waals surface area contributed by atoms with Gasteiger partial charge in [-0.15, -0.1) is 0 Å². The molecule has 0 aliphatic rings. The van der Waals surface area contributed by atoms with Crippen molar-refractivity contribution in [2.24, 2.45) is 0 Å². The molecule has 0 spiro atoms. The zero-order valence-corrected chi connectivity index (χ0v) is 14.1. The molecule has 2 N–H and O–H groups in total. The smallest absolute Gasteiger partial charge is 0.338 e. The molecule has 24 heavy (non-hydrogen) atoms. The number of carbonyl (C=O) groups excluding carboxylic acids is 2. The minimum Gasteiger partial charge on any atom is -0.462 e. The van der Waals surface area contributed by atoms with Gasteiger partial charge in [0, 0.05) is 16.4 Å². The van der Waals surface area contributed by atoms with E-state index in [-0.39, 0.29) is 18.4 Å². The highest BCUT2D eigenvalue weighted by molar-refractivity contribution is 6.30. The molecule has 0 unspecified atom stereocenters. The number of benzene rings is 2. The van der Waals surface area contributed by atoms with Crippen molar-refractivity contribution in [2.45, 2.75) is 13.3 Å². The van der Waals surface area contributed by atoms with Crippen LogP contribution >= 0.6 is 11.6 Å². The molecule has 0 radical (unpaired) electrons. The van der Waals surface area contributed by atoms with E-state index < -0.39 is 0 Å². The third-order valence-electron chi connectivity index (χ3n) is 3.12. The lowest BCUT2D eigenvalue weighted by atomic mass is 10.2. The first kappa shape index (κ1) is 17.8. The molecule has 0 aliphatic heterocycles. The summed E-state index contributed by atoms with van der Waals surface area (Å²) in [6.07, 6.45) is 0.785. The number of rotatable bonds is 7. The summed E-state index contributed by atoms with van der Waals surface area (Å²) in [7, 11) is 0. The van der Waals surface area contributed by atoms with Crippen LogP contribution in [0.1, 0.15) is 23.7 Å². The molecule has 2 aromatic rings. The fourth-order valence-corrected chi connectivity index (χ4v) is 2.15. The van der Waals surface area contributed by atoms with Crippen LogP contribution in [0.5, 0.6) is 0 Å². The average Bonchev–Trinajstić information content (AvgIpc) is 2.58. The van der Waals surface area contributed by atoms with Gasteiger partial charge in [0.2, 0.25) is 5.91 Å². The molecule has 1 amide bonds. The lowest BCUT2D eigenvalue weighted by Gasteiger charge is -2.09. The first-order valence-corrected chi connectivity index (χ1v) is 8.02. The van der Waals surface area contributed by atoms with Gasteiger partial charge >= 0.3 is 5.97 Å². The van der Waals surface area contributed by atoms with Crippen molar-refractivity contribution >= 4 is 34.9 Å². The van der Waals surface area contributed by atoms with E-state index >= 15 is 0 Å². The third-order valence-corrected chi connectivity index (χ3v) is 3.35. The molecular weight excluding hydrogens is 328 g/mol. The van der Waals surface area contributed by atoms with E-state index in [4.69, 9.17) is 16.3 Å². The van der Waals surface area contributed by atoms with Gasteiger partial charge < -0.3 is 15.4 Å². The zero-order chi connectivity index (χ0) is 17.4. The summed E-state index contributed by atoms with van der Waals surface area (Å²) in [6.45, 7) is 2.45. The molecule has 0 saturated heterocycles. The van der Waals surface area contributed by atoms with Crippen LogP contribution in [0.2, 0.25) is 5.02 Å². The number of nitrogens with one attached hydrogen (secondary N) is 2. The second kappa shape index (κ2) is 8.93. The van der Waals surface area contributed by atoms with E-state index in [1.165, 1.54) is 0 Å². The van der Waals surface area contributed by atoms with E-state index in [1.807, 2.05) is 6.92 Å². The second-order valence-electron chi connectivity index (χ2n) is 5.13. The van der Waals surface area contributed by atoms with Crippen LogP contribution in [-0.2, 0) is 9.53 Å². The Morgan fingerprint density at radius 3 is 2.50 bits per heavy atom. The minimum atomic E-state index is -0.345. The molecule has 5 nitrogen and oxygen atoms in total. The first-order valence-electron chi connectivity index (χ1n) is 7.65. The number of hydrogen-bond acceptors (Lipinski definition) is 4. The van der Waals surface area contributed by atoms with E-state index in [9.17, 15) is 9.59 Å². The summed E-state index contributed by atoms with van der Waals surface area (Å²) in [5, 5.41) is 6.30. The maximum absolute atomic E-state index is 11.9. The SMILES string of the molecule is CCCOC(=O)c1ccc(NCC(=O)Nc2cccc(Cl)c2)cc1. The highest BCUT2D eigenvalue weighted by Gasteiger charge is 2.07. The number of carbonyl (C=O) groups is 2. The molecule has 2 rings (SSSR count). The second-order valence-corrected chi connectivity index (χ2v) is 5.56. The number of ether oxygens (including phenoxy) is 1. The molecule has 0 saturated carbocycles. The Kier molecular flexibility index (Phi) is 6.63. The van der Waals surface area contributed by atoms with Crippen molar-refractivity contribution in [3.8, 4) is 0 Å². The lowest BCUT2D eigenvalue weighted by Crippen LogP contribution is -2.21. The Balaban J connectivity index is 1.83. The molecule has 6 heteroatoms. The maximum atomic E-state index is 11.9. The van der Waals surface area contributed by atoms with E-state index in [1.54, 1.807) is 48.5 Å². The number of anilines is 2. The molecule has 126 valence electrons. The predicted molar refractivity (Wildman–Crippen MR) is 95.6 cm³/mol. The van der Waals surface area contributed by atoms with Gasteiger partial charge in [0.1, 0.15) is 0 Å². The maximum Gasteiger partial charge on any atom is 0.338 e. The summed E-state index contributed by atoms with van der Waals surface area (Å²) in [5.41, 5.74) is 1.86. The number of halogens is 1. The first-order chi connectivity index (χ1) is 11.6. The highest BCUT2D eigenvalue weighted by Crippen LogP contribution is 2.15. The topological polar surface area (TPSA) is 67.4 Å². The van der Waals surface area contributed by atoms with E-state index in [0.29, 0.717) is 22.9 Å². The summed E-state index contributed by atoms with van der Waals surface area (Å²) >= 11 is 5.87. The Labute approximate surface area is 146 Å². The molecule has 0 bridgehead atoms. The van der Waals surface area contributed by atoms with Crippen LogP contribution < -0.4 is 10.6 Å². The zero-order valence-electron chi connectivity index (χ0n) is 13.3. The van der Waals surface area contributed by atoms with Gasteiger partial charge in [-0.2, -0.15) is 0 Å². The standard InChI is InChI=1S/C18H19ClN2O3/c1-2-10-24-18(23)13-6-8-15(9-7-13)20-12-17(22)21-16-5-3-4-14(19)11-16/h3-9,11,20H,2,10,12H2,1H3,(H,21,22). The van der Waals surface area contributed by atoms with Gasteiger partial charge in [0.15, 0.2) is 0 Å². The van der Waals surface area contributed by atoms with Gasteiger partial charge in [-0.25, -0.2) is 4.79 Å². The fraction of sp³-hybridized carbons (Fsp3) is 0.222. The van der Waals surface area contributed by atoms with Gasteiger partial charge in [-0.1, -0.05) is 24.6 Å². The molecule has 0 aliphatic carbocycles. The van der Waals surface area contributed by atoms with Crippen molar-refractivity contribution in [3.05, 3.63) is 59.1 Å². The van der Waals surface area contributed by atoms with Crippen LogP contribution in [-0.4, -0.2) is 25.0 Å². The van der Waals surface area contributed by atoms with Crippen LogP contribution in [0.3, 0.4) is 0 Å². The third kappa shape index (κ3) is 5.59. The lowest BCUT2D eigenvalue weighted by molar-refractivity contribution is -0.114. The summed E-state index contributed by atoms with van der Waals surface area (Å²) in [5.74, 6) is -0.536. The van der Waals surface area contributed by atoms with Gasteiger partial charge in [0.25, 0.3) is 0 Å². The van der Waals surface area contributed by atoms with Crippen LogP contribution in [0.15, 0.2) is 48.5 Å². The molecule has 0 atom stereocenters. The normalized spacial score (nSPS) is 10.1. The number of amides is 1. The largest absolute Gasteiger partial charge is 0.462 e. The van der Waals surface area contributed by atoms with Crippen molar-refractivity contribution in [1.29, 1.82) is 0 Å². The van der Waals surface area contributed by atoms with Crippen molar-refractivity contribution in [3.63, 3.8) is 0 Å². The molecule has 0 heterocycles. The number of esters is 1. The summed E-state index contributed by atoms with van der Waals surface area (Å²) < 4.78 is 5.06.